The van der Waals surface area contributed by atoms with Crippen molar-refractivity contribution < 1.29 is 9.53 Å². The van der Waals surface area contributed by atoms with Crippen molar-refractivity contribution in [1.29, 1.82) is 0 Å². The fourth-order valence-corrected chi connectivity index (χ4v) is 3.15. The number of fused-ring (bicyclic) bond motifs is 1. The first kappa shape index (κ1) is 18.1. The molecule has 0 unspecified atom stereocenters. The molecule has 4 rings (SSSR count). The van der Waals surface area contributed by atoms with Crippen LogP contribution in [0.15, 0.2) is 53.6 Å². The molecule has 1 aliphatic rings. The first-order valence-corrected chi connectivity index (χ1v) is 9.24. The third-order valence-electron chi connectivity index (χ3n) is 4.70. The summed E-state index contributed by atoms with van der Waals surface area (Å²) in [5.41, 5.74) is 0.444. The molecule has 28 heavy (non-hydrogen) atoms. The number of carbonyl (C=O) groups is 1. The number of pyridine rings is 1. The summed E-state index contributed by atoms with van der Waals surface area (Å²) in [7, 11) is 0. The van der Waals surface area contributed by atoms with Gasteiger partial charge in [0.05, 0.1) is 36.9 Å². The van der Waals surface area contributed by atoms with Crippen LogP contribution in [0, 0.1) is 0 Å². The van der Waals surface area contributed by atoms with E-state index in [-0.39, 0.29) is 11.5 Å². The second kappa shape index (κ2) is 8.18. The molecule has 0 spiro atoms. The average Bonchev–Trinajstić information content (AvgIpc) is 2.76. The van der Waals surface area contributed by atoms with Gasteiger partial charge in [0.1, 0.15) is 5.82 Å². The molecule has 1 aliphatic heterocycles. The smallest absolute Gasteiger partial charge is 0.274 e. The minimum absolute atomic E-state index is 0.0331. The first-order chi connectivity index (χ1) is 13.7. The lowest BCUT2D eigenvalue weighted by Gasteiger charge is -2.26. The van der Waals surface area contributed by atoms with Crippen LogP contribution in [-0.4, -0.2) is 58.4 Å². The summed E-state index contributed by atoms with van der Waals surface area (Å²) >= 11 is 0. The highest BCUT2D eigenvalue weighted by atomic mass is 16.5. The molecule has 1 aromatic carbocycles. The van der Waals surface area contributed by atoms with E-state index in [0.717, 1.165) is 5.39 Å². The van der Waals surface area contributed by atoms with Crippen LogP contribution in [0.2, 0.25) is 0 Å². The Labute approximate surface area is 161 Å². The summed E-state index contributed by atoms with van der Waals surface area (Å²) < 4.78 is 6.70. The van der Waals surface area contributed by atoms with E-state index in [0.29, 0.717) is 56.2 Å². The van der Waals surface area contributed by atoms with Crippen molar-refractivity contribution in [3.05, 3.63) is 64.7 Å². The van der Waals surface area contributed by atoms with Crippen molar-refractivity contribution in [2.75, 3.05) is 38.2 Å². The Kier molecular flexibility index (Phi) is 5.29. The maximum Gasteiger partial charge on any atom is 0.274 e. The Morgan fingerprint density at radius 2 is 1.93 bits per heavy atom. The van der Waals surface area contributed by atoms with Gasteiger partial charge in [-0.25, -0.2) is 9.67 Å². The molecule has 0 saturated carbocycles. The van der Waals surface area contributed by atoms with Gasteiger partial charge in [-0.1, -0.05) is 18.2 Å². The van der Waals surface area contributed by atoms with E-state index in [1.807, 2.05) is 18.2 Å². The summed E-state index contributed by atoms with van der Waals surface area (Å²) in [4.78, 5) is 30.9. The van der Waals surface area contributed by atoms with Gasteiger partial charge in [-0.15, -0.1) is 0 Å². The normalized spacial score (nSPS) is 14.2. The lowest BCUT2D eigenvalue weighted by molar-refractivity contribution is 0.0302. The molecule has 0 aliphatic carbocycles. The Hall–Kier alpha value is -3.26. The van der Waals surface area contributed by atoms with E-state index in [9.17, 15) is 9.59 Å². The van der Waals surface area contributed by atoms with Gasteiger partial charge in [0.2, 0.25) is 0 Å². The number of hydrogen-bond donors (Lipinski definition) is 1. The maximum atomic E-state index is 12.4. The molecule has 1 N–H and O–H groups in total. The fourth-order valence-electron chi connectivity index (χ4n) is 3.15. The first-order valence-electron chi connectivity index (χ1n) is 9.24. The number of nitrogens with one attached hydrogen (secondary N) is 1. The van der Waals surface area contributed by atoms with Crippen LogP contribution in [-0.2, 0) is 11.3 Å². The van der Waals surface area contributed by atoms with E-state index in [1.54, 1.807) is 35.5 Å². The summed E-state index contributed by atoms with van der Waals surface area (Å²) in [6, 6.07) is 10.9. The molecular formula is C20H21N5O3. The van der Waals surface area contributed by atoms with Crippen LogP contribution >= 0.6 is 0 Å². The highest BCUT2D eigenvalue weighted by Crippen LogP contribution is 2.10. The Morgan fingerprint density at radius 1 is 1.11 bits per heavy atom. The quantitative estimate of drug-likeness (QED) is 0.720. The summed E-state index contributed by atoms with van der Waals surface area (Å²) in [5, 5.41) is 8.85. The Morgan fingerprint density at radius 3 is 2.71 bits per heavy atom. The van der Waals surface area contributed by atoms with Crippen LogP contribution in [0.5, 0.6) is 0 Å². The zero-order valence-electron chi connectivity index (χ0n) is 15.4. The third-order valence-corrected chi connectivity index (χ3v) is 4.70. The maximum absolute atomic E-state index is 12.4. The highest BCUT2D eigenvalue weighted by molar-refractivity contribution is 5.94. The standard InChI is InChI=1S/C20H21N5O3/c26-19(24-9-11-28-12-10-24)16-5-6-18(22-13-16)21-7-8-25-20(27)17-4-2-1-3-15(17)14-23-25/h1-6,13-14H,7-12H2,(H,21,22). The molecule has 8 heteroatoms. The topological polar surface area (TPSA) is 89.3 Å². The van der Waals surface area contributed by atoms with Gasteiger partial charge in [-0.05, 0) is 18.2 Å². The number of benzene rings is 1. The lowest BCUT2D eigenvalue weighted by atomic mass is 10.2. The van der Waals surface area contributed by atoms with Gasteiger partial charge in [0.25, 0.3) is 11.5 Å². The van der Waals surface area contributed by atoms with E-state index in [2.05, 4.69) is 15.4 Å². The molecule has 3 heterocycles. The van der Waals surface area contributed by atoms with Gasteiger partial charge in [-0.3, -0.25) is 9.59 Å². The molecule has 0 bridgehead atoms. The van der Waals surface area contributed by atoms with E-state index in [1.165, 1.54) is 4.68 Å². The van der Waals surface area contributed by atoms with Crippen molar-refractivity contribution in [2.45, 2.75) is 6.54 Å². The Balaban J connectivity index is 1.36. The van der Waals surface area contributed by atoms with Crippen LogP contribution in [0.25, 0.3) is 10.8 Å². The van der Waals surface area contributed by atoms with Crippen LogP contribution < -0.4 is 10.9 Å². The number of ether oxygens (including phenoxy) is 1. The summed E-state index contributed by atoms with van der Waals surface area (Å²) in [6.45, 7) is 3.26. The van der Waals surface area contributed by atoms with Crippen molar-refractivity contribution in [3.8, 4) is 0 Å². The van der Waals surface area contributed by atoms with E-state index in [4.69, 9.17) is 4.74 Å². The number of hydrogen-bond acceptors (Lipinski definition) is 6. The largest absolute Gasteiger partial charge is 0.378 e. The van der Waals surface area contributed by atoms with Crippen molar-refractivity contribution in [3.63, 3.8) is 0 Å². The molecule has 0 atom stereocenters. The molecule has 144 valence electrons. The molecule has 0 radical (unpaired) electrons. The zero-order chi connectivity index (χ0) is 19.3. The predicted octanol–water partition coefficient (Wildman–Crippen LogP) is 1.38. The average molecular weight is 379 g/mol. The molecule has 2 aromatic heterocycles. The van der Waals surface area contributed by atoms with E-state index >= 15 is 0 Å². The highest BCUT2D eigenvalue weighted by Gasteiger charge is 2.18. The Bertz CT molecular complexity index is 1030. The van der Waals surface area contributed by atoms with E-state index < -0.39 is 0 Å². The third kappa shape index (κ3) is 3.86. The van der Waals surface area contributed by atoms with Crippen molar-refractivity contribution in [1.82, 2.24) is 19.7 Å². The number of rotatable bonds is 5. The number of aromatic nitrogens is 3. The molecule has 3 aromatic rings. The lowest BCUT2D eigenvalue weighted by Crippen LogP contribution is -2.40. The summed E-state index contributed by atoms with van der Waals surface area (Å²) in [5.74, 6) is 0.613. The minimum atomic E-state index is -0.112. The summed E-state index contributed by atoms with van der Waals surface area (Å²) in [6.07, 6.45) is 3.27. The molecule has 1 fully saturated rings. The van der Waals surface area contributed by atoms with Crippen LogP contribution in [0.3, 0.4) is 0 Å². The minimum Gasteiger partial charge on any atom is -0.378 e. The number of amides is 1. The number of morpholine rings is 1. The second-order valence-electron chi connectivity index (χ2n) is 6.52. The molecular weight excluding hydrogens is 358 g/mol. The number of anilines is 1. The molecule has 1 saturated heterocycles. The fraction of sp³-hybridized carbons (Fsp3) is 0.300. The van der Waals surface area contributed by atoms with Crippen LogP contribution in [0.1, 0.15) is 10.4 Å². The van der Waals surface area contributed by atoms with Gasteiger partial charge in [0, 0.05) is 31.2 Å². The second-order valence-corrected chi connectivity index (χ2v) is 6.52. The molecule has 8 nitrogen and oxygen atoms in total. The zero-order valence-corrected chi connectivity index (χ0v) is 15.4. The van der Waals surface area contributed by atoms with Gasteiger partial charge in [-0.2, -0.15) is 5.10 Å². The number of nitrogens with zero attached hydrogens (tertiary/aromatic N) is 4. The monoisotopic (exact) mass is 379 g/mol. The van der Waals surface area contributed by atoms with Gasteiger partial charge in [0.15, 0.2) is 0 Å². The van der Waals surface area contributed by atoms with Crippen molar-refractivity contribution >= 4 is 22.5 Å². The number of carbonyl (C=O) groups excluding carboxylic acids is 1. The SMILES string of the molecule is O=C(c1ccc(NCCn2ncc3ccccc3c2=O)nc1)N1CCOCC1. The predicted molar refractivity (Wildman–Crippen MR) is 105 cm³/mol. The van der Waals surface area contributed by atoms with Gasteiger partial charge >= 0.3 is 0 Å². The van der Waals surface area contributed by atoms with Crippen molar-refractivity contribution in [2.24, 2.45) is 0 Å². The van der Waals surface area contributed by atoms with Gasteiger partial charge < -0.3 is 15.0 Å². The van der Waals surface area contributed by atoms with Crippen LogP contribution in [0.4, 0.5) is 5.82 Å². The molecule has 1 amide bonds.